The Morgan fingerprint density at radius 3 is 2.29 bits per heavy atom. The standard InChI is InChI=1S/C13H13N2O3.C5H12O.CH2O2.Fm/c1-9(14-7-16)4-10-6-15(8-17)13-3-2-11(18)5-12(10)13;1-5(2,3)6-4;2-1-3;/h2-3,5-6,8-9,18H,4H2,1H3,(H,14,16);1-4H3;1H,(H,2,3);/q-1;;;. The molecule has 1 atom stereocenters. The zero-order valence-corrected chi connectivity index (χ0v) is 18.9. The molecule has 0 fully saturated rings. The Balaban J connectivity index is 0. The van der Waals surface area contributed by atoms with Crippen molar-refractivity contribution in [1.82, 2.24) is 9.88 Å². The number of aromatic hydroxyl groups is 1. The van der Waals surface area contributed by atoms with Gasteiger partial charge in [0.25, 0.3) is 6.47 Å². The number of aromatic nitrogens is 1. The smallest absolute Gasteiger partial charge is 0.290 e. The van der Waals surface area contributed by atoms with E-state index in [0.29, 0.717) is 12.8 Å². The van der Waals surface area contributed by atoms with E-state index < -0.39 is 0 Å². The number of carbonyl (C=O) groups is 2. The van der Waals surface area contributed by atoms with Gasteiger partial charge in [-0.05, 0) is 63.9 Å². The maximum atomic E-state index is 11.0. The number of fused-ring (bicyclic) bond motifs is 1. The Labute approximate surface area is 158 Å². The van der Waals surface area contributed by atoms with Gasteiger partial charge in [-0.3, -0.25) is 14.2 Å². The van der Waals surface area contributed by atoms with Crippen LogP contribution >= 0.6 is 0 Å². The van der Waals surface area contributed by atoms with Gasteiger partial charge >= 0.3 is 0 Å². The first-order chi connectivity index (χ1) is 12.6. The van der Waals surface area contributed by atoms with Crippen LogP contribution in [0.3, 0.4) is 0 Å². The van der Waals surface area contributed by atoms with Crippen LogP contribution in [0.25, 0.3) is 10.9 Å². The zero-order valence-electron chi connectivity index (χ0n) is 16.5. The van der Waals surface area contributed by atoms with E-state index in [4.69, 9.17) is 14.6 Å². The SMILES string of the molecule is CC(Cc1cn(C=O)c2ccc(O)cc12)N[C-]=O.COC(C)(C)C.O=CO.[Fm]. The monoisotopic (exact) mass is 636 g/mol. The summed E-state index contributed by atoms with van der Waals surface area (Å²) in [5, 5.41) is 19.7. The molecule has 0 aliphatic heterocycles. The van der Waals surface area contributed by atoms with Crippen LogP contribution in [0.4, 0.5) is 0 Å². The average Bonchev–Trinajstić information content (AvgIpc) is 2.92. The van der Waals surface area contributed by atoms with Gasteiger partial charge in [0.1, 0.15) is 5.75 Å². The Morgan fingerprint density at radius 1 is 1.32 bits per heavy atom. The van der Waals surface area contributed by atoms with Gasteiger partial charge in [-0.1, -0.05) is 0 Å². The zero-order chi connectivity index (χ0) is 21.0. The Morgan fingerprint density at radius 2 is 1.86 bits per heavy atom. The fraction of sp³-hybridized carbons (Fsp3) is 0.421. The molecule has 28 heavy (non-hydrogen) atoms. The minimum atomic E-state index is -0.250. The van der Waals surface area contributed by atoms with Gasteiger partial charge in [-0.2, -0.15) is 6.41 Å². The summed E-state index contributed by atoms with van der Waals surface area (Å²) in [4.78, 5) is 29.6. The van der Waals surface area contributed by atoms with Crippen molar-refractivity contribution in [2.45, 2.75) is 45.8 Å². The number of methoxy groups -OCH3 is 1. The van der Waals surface area contributed by atoms with Crippen molar-refractivity contribution < 1.29 is 29.3 Å². The van der Waals surface area contributed by atoms with Crippen LogP contribution in [0.15, 0.2) is 24.4 Å². The number of phenols is 1. The second-order valence-electron chi connectivity index (χ2n) is 6.64. The van der Waals surface area contributed by atoms with Crippen molar-refractivity contribution in [2.75, 3.05) is 7.11 Å². The van der Waals surface area contributed by atoms with E-state index >= 15 is 0 Å². The Bertz CT molecular complexity index is 740. The molecule has 1 aromatic heterocycles. The molecular weight excluding hydrogens is 609 g/mol. The molecule has 3 N–H and O–H groups in total. The topological polar surface area (TPSA) is 118 Å². The van der Waals surface area contributed by atoms with Crippen LogP contribution < -0.4 is 5.32 Å². The largest absolute Gasteiger partial charge is 0.527 e. The fourth-order valence-electron chi connectivity index (χ4n) is 2.04. The number of amides is 1. The summed E-state index contributed by atoms with van der Waals surface area (Å²) in [7, 11) is 1.71. The minimum Gasteiger partial charge on any atom is -0.527 e. The maximum absolute atomic E-state index is 11.0. The van der Waals surface area contributed by atoms with E-state index in [1.165, 1.54) is 10.6 Å². The predicted molar refractivity (Wildman–Crippen MR) is 103 cm³/mol. The number of hydrogen-bond acceptors (Lipinski definition) is 5. The molecule has 1 aromatic carbocycles. The molecule has 8 nitrogen and oxygen atoms in total. The van der Waals surface area contributed by atoms with Crippen LogP contribution in [0.1, 0.15) is 33.3 Å². The average molecular weight is 636 g/mol. The minimum absolute atomic E-state index is 0. The van der Waals surface area contributed by atoms with E-state index in [1.807, 2.05) is 27.7 Å². The number of hydrogen-bond donors (Lipinski definition) is 3. The van der Waals surface area contributed by atoms with Crippen LogP contribution in [0, 0.1) is 0 Å². The summed E-state index contributed by atoms with van der Waals surface area (Å²) < 4.78 is 6.40. The summed E-state index contributed by atoms with van der Waals surface area (Å²) in [6, 6.07) is 4.75. The number of benzene rings is 1. The number of carbonyl (C=O) groups excluding carboxylic acids is 2. The number of rotatable bonds is 5. The van der Waals surface area contributed by atoms with Gasteiger partial charge in [-0.25, -0.2) is 0 Å². The molecule has 0 aliphatic rings. The molecule has 1 amide bonds. The number of carboxylic acid groups (broad SMARTS) is 1. The van der Waals surface area contributed by atoms with E-state index in [1.54, 1.807) is 31.8 Å². The van der Waals surface area contributed by atoms with Gasteiger partial charge < -0.3 is 25.1 Å². The Kier molecular flexibility index (Phi) is 11.7. The van der Waals surface area contributed by atoms with Crippen LogP contribution in [0.2, 0.25) is 0 Å². The predicted octanol–water partition coefficient (Wildman–Crippen LogP) is 2.11. The van der Waals surface area contributed by atoms with Crippen LogP contribution in [0.5, 0.6) is 5.75 Å². The Hall–Kier alpha value is -3.87. The molecule has 2 rings (SSSR count). The summed E-state index contributed by atoms with van der Waals surface area (Å²) in [5.41, 5.74) is 1.67. The third-order valence-corrected chi connectivity index (χ3v) is 3.46. The molecule has 0 aliphatic carbocycles. The number of nitrogens with one attached hydrogen (secondary N) is 1. The quantitative estimate of drug-likeness (QED) is 0.263. The molecule has 2 aromatic rings. The molecular formula is C19H27FmN2O6-. The van der Waals surface area contributed by atoms with Crippen LogP contribution in [-0.2, 0) is 25.5 Å². The van der Waals surface area contributed by atoms with Crippen molar-refractivity contribution in [3.8, 4) is 5.75 Å². The van der Waals surface area contributed by atoms with Gasteiger partial charge in [0.2, 0.25) is 6.41 Å². The van der Waals surface area contributed by atoms with E-state index in [9.17, 15) is 14.7 Å². The molecule has 162 valence electrons. The van der Waals surface area contributed by atoms with Crippen LogP contribution in [-0.4, -0.2) is 52.8 Å². The summed E-state index contributed by atoms with van der Waals surface area (Å²) >= 11 is 0. The first-order valence-electron chi connectivity index (χ1n) is 8.16. The van der Waals surface area contributed by atoms with E-state index in [-0.39, 0.29) is 23.9 Å². The third-order valence-electron chi connectivity index (χ3n) is 3.46. The molecule has 1 unspecified atom stereocenters. The molecule has 0 saturated heterocycles. The van der Waals surface area contributed by atoms with Crippen molar-refractivity contribution >= 4 is 30.2 Å². The van der Waals surface area contributed by atoms with E-state index in [2.05, 4.69) is 5.32 Å². The first-order valence-corrected chi connectivity index (χ1v) is 8.16. The normalized spacial score (nSPS) is 10.9. The van der Waals surface area contributed by atoms with Gasteiger partial charge in [-0.15, -0.1) is 0 Å². The second kappa shape index (κ2) is 12.5. The molecule has 0 saturated carbocycles. The van der Waals surface area contributed by atoms with Gasteiger partial charge in [0, 0.05) is 18.7 Å². The molecule has 9 heteroatoms. The van der Waals surface area contributed by atoms with Crippen molar-refractivity contribution in [3.63, 3.8) is 0 Å². The summed E-state index contributed by atoms with van der Waals surface area (Å²) in [6.07, 6.45) is 4.63. The number of ether oxygens (including phenoxy) is 1. The number of phenolic OH excluding ortho intramolecular Hbond substituents is 1. The van der Waals surface area contributed by atoms with E-state index in [0.717, 1.165) is 16.5 Å². The van der Waals surface area contributed by atoms with Crippen molar-refractivity contribution in [1.29, 1.82) is 0 Å². The third kappa shape index (κ3) is 9.00. The molecule has 0 spiro atoms. The second-order valence-corrected chi connectivity index (χ2v) is 6.64. The van der Waals surface area contributed by atoms with Gasteiger partial charge in [0.15, 0.2) is 0 Å². The fourth-order valence-corrected chi connectivity index (χ4v) is 2.04. The summed E-state index contributed by atoms with van der Waals surface area (Å²) in [6.45, 7) is 7.66. The molecule has 0 radical (unpaired) electrons. The van der Waals surface area contributed by atoms with Crippen molar-refractivity contribution in [3.05, 3.63) is 30.0 Å². The molecule has 1 heterocycles. The van der Waals surface area contributed by atoms with Gasteiger partial charge in [0.05, 0.1) is 11.1 Å². The summed E-state index contributed by atoms with van der Waals surface area (Å²) in [5.74, 6) is 0.148. The van der Waals surface area contributed by atoms with Crippen molar-refractivity contribution in [2.24, 2.45) is 0 Å². The maximum Gasteiger partial charge on any atom is 0.290 e. The molecule has 0 bridgehead atoms. The number of nitrogens with zero attached hydrogens (tertiary/aromatic N) is 1. The first kappa shape index (κ1) is 26.4.